The third-order valence-electron chi connectivity index (χ3n) is 2.24. The van der Waals surface area contributed by atoms with Crippen LogP contribution in [0.4, 0.5) is 0 Å². The molecule has 92 valence electrons. The van der Waals surface area contributed by atoms with Crippen LogP contribution in [0, 0.1) is 22.7 Å². The number of nitrogens with zero attached hydrogens (tertiary/aromatic N) is 3. The van der Waals surface area contributed by atoms with E-state index >= 15 is 0 Å². The zero-order valence-electron chi connectivity index (χ0n) is 9.50. The lowest BCUT2D eigenvalue weighted by Gasteiger charge is -2.14. The summed E-state index contributed by atoms with van der Waals surface area (Å²) < 4.78 is 0. The Kier molecular flexibility index (Phi) is 4.67. The summed E-state index contributed by atoms with van der Waals surface area (Å²) in [5.41, 5.74) is 0.0497. The first-order valence-corrected chi connectivity index (χ1v) is 5.10. The molecule has 0 aromatic heterocycles. The van der Waals surface area contributed by atoms with Crippen LogP contribution < -0.4 is 0 Å². The first-order valence-electron chi connectivity index (χ1n) is 5.10. The fourth-order valence-electron chi connectivity index (χ4n) is 1.41. The molecule has 0 spiro atoms. The molecule has 18 heavy (non-hydrogen) atoms. The monoisotopic (exact) mass is 245 g/mol. The predicted molar refractivity (Wildman–Crippen MR) is 61.8 cm³/mol. The fourth-order valence-corrected chi connectivity index (χ4v) is 1.41. The van der Waals surface area contributed by atoms with Gasteiger partial charge in [-0.1, -0.05) is 0 Å². The number of nitriles is 2. The molecule has 0 radical (unpaired) electrons. The van der Waals surface area contributed by atoms with Crippen LogP contribution in [-0.2, 0) is 0 Å². The van der Waals surface area contributed by atoms with Crippen molar-refractivity contribution in [2.24, 2.45) is 0 Å². The van der Waals surface area contributed by atoms with E-state index in [-0.39, 0.29) is 36.7 Å². The number of hydrogen-bond donors (Lipinski definition) is 2. The van der Waals surface area contributed by atoms with Crippen molar-refractivity contribution in [1.82, 2.24) is 4.90 Å². The van der Waals surface area contributed by atoms with Crippen LogP contribution in [0.15, 0.2) is 18.2 Å². The van der Waals surface area contributed by atoms with E-state index in [2.05, 4.69) is 0 Å². The van der Waals surface area contributed by atoms with Crippen LogP contribution in [0.5, 0.6) is 11.5 Å². The van der Waals surface area contributed by atoms with Gasteiger partial charge in [-0.3, -0.25) is 9.69 Å². The van der Waals surface area contributed by atoms with E-state index < -0.39 is 5.78 Å². The van der Waals surface area contributed by atoms with Gasteiger partial charge >= 0.3 is 0 Å². The summed E-state index contributed by atoms with van der Waals surface area (Å²) >= 11 is 0. The smallest absolute Gasteiger partial charge is 0.180 e. The number of carbonyl (C=O) groups excluding carboxylic acids is 1. The quantitative estimate of drug-likeness (QED) is 0.581. The molecule has 1 aromatic rings. The molecule has 0 atom stereocenters. The van der Waals surface area contributed by atoms with Crippen LogP contribution >= 0.6 is 0 Å². The molecule has 1 rings (SSSR count). The standard InChI is InChI=1S/C12H11N3O3/c13-3-5-15(6-4-14)8-12(18)10-2-1-9(16)7-11(10)17/h1-2,7,16-17H,5-6,8H2. The maximum absolute atomic E-state index is 11.8. The van der Waals surface area contributed by atoms with E-state index in [1.165, 1.54) is 17.0 Å². The summed E-state index contributed by atoms with van der Waals surface area (Å²) in [7, 11) is 0. The zero-order chi connectivity index (χ0) is 13.5. The Labute approximate surface area is 104 Å². The highest BCUT2D eigenvalue weighted by atomic mass is 16.3. The Bertz CT molecular complexity index is 512. The van der Waals surface area contributed by atoms with Gasteiger partial charge in [0.1, 0.15) is 11.5 Å². The SMILES string of the molecule is N#CCN(CC#N)CC(=O)c1ccc(O)cc1O. The Morgan fingerprint density at radius 1 is 1.22 bits per heavy atom. The molecule has 6 heteroatoms. The molecule has 0 aliphatic heterocycles. The van der Waals surface area contributed by atoms with Gasteiger partial charge in [-0.2, -0.15) is 10.5 Å². The van der Waals surface area contributed by atoms with Crippen molar-refractivity contribution >= 4 is 5.78 Å². The summed E-state index contributed by atoms with van der Waals surface area (Å²) in [6, 6.07) is 7.35. The van der Waals surface area contributed by atoms with Crippen molar-refractivity contribution in [1.29, 1.82) is 10.5 Å². The number of rotatable bonds is 5. The highest BCUT2D eigenvalue weighted by molar-refractivity contribution is 6.00. The van der Waals surface area contributed by atoms with Gasteiger partial charge in [0.25, 0.3) is 0 Å². The largest absolute Gasteiger partial charge is 0.508 e. The molecule has 0 saturated heterocycles. The number of Topliss-reactive ketones (excluding diaryl/α,β-unsaturated/α-hetero) is 1. The molecule has 0 bridgehead atoms. The van der Waals surface area contributed by atoms with Gasteiger partial charge in [-0.05, 0) is 12.1 Å². The molecule has 0 amide bonds. The third kappa shape index (κ3) is 3.48. The minimum absolute atomic E-state index is 0.0435. The van der Waals surface area contributed by atoms with Gasteiger partial charge in [0.2, 0.25) is 0 Å². The molecule has 0 fully saturated rings. The highest BCUT2D eigenvalue weighted by Crippen LogP contribution is 2.23. The molecule has 0 unspecified atom stereocenters. The first-order chi connectivity index (χ1) is 8.58. The summed E-state index contributed by atoms with van der Waals surface area (Å²) in [6.45, 7) is -0.226. The topological polar surface area (TPSA) is 108 Å². The van der Waals surface area contributed by atoms with Crippen molar-refractivity contribution < 1.29 is 15.0 Å². The molecule has 0 aliphatic carbocycles. The normalized spacial score (nSPS) is 9.72. The Morgan fingerprint density at radius 2 is 1.83 bits per heavy atom. The minimum atomic E-state index is -0.419. The van der Waals surface area contributed by atoms with E-state index in [1.807, 2.05) is 12.1 Å². The van der Waals surface area contributed by atoms with Crippen LogP contribution in [-0.4, -0.2) is 40.5 Å². The molecule has 0 heterocycles. The van der Waals surface area contributed by atoms with Crippen molar-refractivity contribution in [2.45, 2.75) is 0 Å². The number of ketones is 1. The number of phenols is 2. The second-order valence-corrected chi connectivity index (χ2v) is 3.59. The highest BCUT2D eigenvalue weighted by Gasteiger charge is 2.15. The van der Waals surface area contributed by atoms with Gasteiger partial charge in [0.05, 0.1) is 37.3 Å². The lowest BCUT2D eigenvalue weighted by atomic mass is 10.1. The molecular formula is C12H11N3O3. The van der Waals surface area contributed by atoms with E-state index in [4.69, 9.17) is 15.6 Å². The lowest BCUT2D eigenvalue weighted by molar-refractivity contribution is 0.0943. The predicted octanol–water partition coefficient (Wildman–Crippen LogP) is 0.630. The second-order valence-electron chi connectivity index (χ2n) is 3.59. The zero-order valence-corrected chi connectivity index (χ0v) is 9.50. The lowest BCUT2D eigenvalue weighted by Crippen LogP contribution is -2.30. The molecular weight excluding hydrogens is 234 g/mol. The third-order valence-corrected chi connectivity index (χ3v) is 2.24. The Balaban J connectivity index is 2.81. The average Bonchev–Trinajstić information content (AvgIpc) is 2.29. The molecule has 1 aromatic carbocycles. The molecule has 6 nitrogen and oxygen atoms in total. The summed E-state index contributed by atoms with van der Waals surface area (Å²) in [5, 5.41) is 35.7. The molecule has 0 saturated carbocycles. The van der Waals surface area contributed by atoms with E-state index in [1.54, 1.807) is 0 Å². The minimum Gasteiger partial charge on any atom is -0.508 e. The second kappa shape index (κ2) is 6.24. The Morgan fingerprint density at radius 3 is 2.33 bits per heavy atom. The van der Waals surface area contributed by atoms with E-state index in [9.17, 15) is 9.90 Å². The van der Waals surface area contributed by atoms with Crippen molar-refractivity contribution in [3.8, 4) is 23.6 Å². The molecule has 0 aliphatic rings. The maximum atomic E-state index is 11.8. The van der Waals surface area contributed by atoms with E-state index in [0.717, 1.165) is 6.07 Å². The van der Waals surface area contributed by atoms with Gasteiger partial charge in [-0.15, -0.1) is 0 Å². The fraction of sp³-hybridized carbons (Fsp3) is 0.250. The summed E-state index contributed by atoms with van der Waals surface area (Å²) in [4.78, 5) is 13.2. The first kappa shape index (κ1) is 13.5. The van der Waals surface area contributed by atoms with Gasteiger partial charge < -0.3 is 10.2 Å². The van der Waals surface area contributed by atoms with Crippen molar-refractivity contribution in [3.05, 3.63) is 23.8 Å². The average molecular weight is 245 g/mol. The molecule has 2 N–H and O–H groups in total. The van der Waals surface area contributed by atoms with Crippen LogP contribution in [0.2, 0.25) is 0 Å². The van der Waals surface area contributed by atoms with Gasteiger partial charge in [0, 0.05) is 6.07 Å². The van der Waals surface area contributed by atoms with Gasteiger partial charge in [-0.25, -0.2) is 0 Å². The summed E-state index contributed by atoms with van der Waals surface area (Å²) in [5.74, 6) is -0.887. The number of benzene rings is 1. The van der Waals surface area contributed by atoms with E-state index in [0.29, 0.717) is 0 Å². The van der Waals surface area contributed by atoms with Crippen molar-refractivity contribution in [3.63, 3.8) is 0 Å². The van der Waals surface area contributed by atoms with Crippen LogP contribution in [0.25, 0.3) is 0 Å². The van der Waals surface area contributed by atoms with Crippen molar-refractivity contribution in [2.75, 3.05) is 19.6 Å². The number of carbonyl (C=O) groups is 1. The number of phenolic OH excluding ortho intramolecular Hbond substituents is 2. The van der Waals surface area contributed by atoms with Crippen LogP contribution in [0.1, 0.15) is 10.4 Å². The maximum Gasteiger partial charge on any atom is 0.180 e. The van der Waals surface area contributed by atoms with Gasteiger partial charge in [0.15, 0.2) is 5.78 Å². The number of aromatic hydroxyl groups is 2. The summed E-state index contributed by atoms with van der Waals surface area (Å²) in [6.07, 6.45) is 0. The number of hydrogen-bond acceptors (Lipinski definition) is 6. The Hall–Kier alpha value is -2.57. The van der Waals surface area contributed by atoms with Crippen LogP contribution in [0.3, 0.4) is 0 Å².